The number of rotatable bonds is 6. The van der Waals surface area contributed by atoms with Gasteiger partial charge in [0, 0.05) is 18.6 Å². The third-order valence-corrected chi connectivity index (χ3v) is 6.69. The van der Waals surface area contributed by atoms with Gasteiger partial charge in [-0.05, 0) is 20.4 Å². The topological polar surface area (TPSA) is 248 Å². The molecule has 3 rings (SSSR count). The van der Waals surface area contributed by atoms with Gasteiger partial charge >= 0.3 is 0 Å². The second-order valence-corrected chi connectivity index (χ2v) is 9.30. The normalized spacial score (nSPS) is 53.7. The summed E-state index contributed by atoms with van der Waals surface area (Å²) in [7, 11) is 1.57. The maximum atomic E-state index is 11.0. The van der Waals surface area contributed by atoms with Crippen LogP contribution < -0.4 is 22.5 Å². The van der Waals surface area contributed by atoms with Crippen LogP contribution in [0.4, 0.5) is 0 Å². The fourth-order valence-corrected chi connectivity index (χ4v) is 4.74. The largest absolute Gasteiger partial charge is 0.388 e. The number of aliphatic hydroxyl groups is 6. The van der Waals surface area contributed by atoms with Gasteiger partial charge in [0.2, 0.25) is 0 Å². The standard InChI is InChI=1S/C19H38N4O10/c1-19(29)5-30-17(13(28)16(19)23-2)32-14-6(21)3-7(22)15(12(14)27)33-18-11(26)10(25)9(24)8(4-20)31-18/h6-18,23-29H,3-5,20-22H2,1-2H3/t6-,7+,8-,9+,10-,11+,12-,13-,14+,15-,16-,17-,18-,19+/m1/s1. The molecule has 0 bridgehead atoms. The van der Waals surface area contributed by atoms with Gasteiger partial charge in [0.25, 0.3) is 0 Å². The molecular formula is C19H38N4O10. The Bertz CT molecular complexity index is 646. The van der Waals surface area contributed by atoms with Crippen molar-refractivity contribution in [2.45, 2.75) is 98.5 Å². The van der Waals surface area contributed by atoms with Crippen molar-refractivity contribution < 1.29 is 49.6 Å². The third kappa shape index (κ3) is 5.34. The summed E-state index contributed by atoms with van der Waals surface area (Å²) in [6, 6.07) is -2.30. The van der Waals surface area contributed by atoms with Gasteiger partial charge in [-0.2, -0.15) is 0 Å². The fourth-order valence-electron chi connectivity index (χ4n) is 4.74. The summed E-state index contributed by atoms with van der Waals surface area (Å²) in [6.07, 6.45) is -13.0. The predicted molar refractivity (Wildman–Crippen MR) is 111 cm³/mol. The van der Waals surface area contributed by atoms with Gasteiger partial charge in [-0.1, -0.05) is 0 Å². The van der Waals surface area contributed by atoms with Gasteiger partial charge in [0.15, 0.2) is 12.6 Å². The van der Waals surface area contributed by atoms with Crippen LogP contribution in [-0.2, 0) is 18.9 Å². The minimum Gasteiger partial charge on any atom is -0.388 e. The summed E-state index contributed by atoms with van der Waals surface area (Å²) in [5.41, 5.74) is 16.5. The van der Waals surface area contributed by atoms with E-state index >= 15 is 0 Å². The van der Waals surface area contributed by atoms with Gasteiger partial charge in [0.1, 0.15) is 54.4 Å². The first-order valence-corrected chi connectivity index (χ1v) is 11.0. The highest BCUT2D eigenvalue weighted by molar-refractivity contribution is 5.02. The Morgan fingerprint density at radius 1 is 0.909 bits per heavy atom. The van der Waals surface area contributed by atoms with Crippen molar-refractivity contribution in [3.63, 3.8) is 0 Å². The maximum Gasteiger partial charge on any atom is 0.187 e. The number of aliphatic hydroxyl groups excluding tert-OH is 5. The lowest BCUT2D eigenvalue weighted by atomic mass is 9.84. The van der Waals surface area contributed by atoms with E-state index in [1.165, 1.54) is 6.92 Å². The molecule has 2 aliphatic heterocycles. The molecule has 0 aromatic heterocycles. The molecule has 0 unspecified atom stereocenters. The first-order chi connectivity index (χ1) is 15.4. The number of hydrogen-bond acceptors (Lipinski definition) is 14. The number of nitrogens with two attached hydrogens (primary N) is 3. The lowest BCUT2D eigenvalue weighted by molar-refractivity contribution is -0.329. The quantitative estimate of drug-likeness (QED) is 0.169. The van der Waals surface area contributed by atoms with Crippen molar-refractivity contribution in [1.82, 2.24) is 5.32 Å². The lowest BCUT2D eigenvalue weighted by Gasteiger charge is -2.48. The summed E-state index contributed by atoms with van der Waals surface area (Å²) < 4.78 is 22.5. The molecule has 0 amide bonds. The van der Waals surface area contributed by atoms with Gasteiger partial charge in [-0.15, -0.1) is 0 Å². The molecule has 14 nitrogen and oxygen atoms in total. The SMILES string of the molecule is CN[C@@H]1[C@@H](O)[C@@H](O[C@@H]2[C@@H](O)[C@H](O[C@H]3O[C@H](CN)[C@H](O)[C@@H](O)[C@@H]3O)[C@@H](N)C[C@H]2N)OC[C@]1(C)O. The van der Waals surface area contributed by atoms with Crippen LogP contribution in [0.25, 0.3) is 0 Å². The third-order valence-electron chi connectivity index (χ3n) is 6.69. The van der Waals surface area contributed by atoms with E-state index in [9.17, 15) is 30.6 Å². The number of nitrogens with one attached hydrogen (secondary N) is 1. The molecule has 194 valence electrons. The summed E-state index contributed by atoms with van der Waals surface area (Å²) in [6.45, 7) is 1.22. The number of ether oxygens (including phenoxy) is 4. The molecule has 2 saturated heterocycles. The van der Waals surface area contributed by atoms with E-state index < -0.39 is 85.1 Å². The number of hydrogen-bond donors (Lipinski definition) is 10. The van der Waals surface area contributed by atoms with Crippen molar-refractivity contribution in [1.29, 1.82) is 0 Å². The van der Waals surface area contributed by atoms with Crippen LogP contribution in [0.5, 0.6) is 0 Å². The monoisotopic (exact) mass is 482 g/mol. The van der Waals surface area contributed by atoms with E-state index in [4.69, 9.17) is 36.1 Å². The molecule has 13 N–H and O–H groups in total. The smallest absolute Gasteiger partial charge is 0.187 e. The zero-order valence-corrected chi connectivity index (χ0v) is 18.7. The highest BCUT2D eigenvalue weighted by Gasteiger charge is 2.52. The Morgan fingerprint density at radius 3 is 2.03 bits per heavy atom. The lowest BCUT2D eigenvalue weighted by Crippen LogP contribution is -2.69. The molecule has 33 heavy (non-hydrogen) atoms. The molecule has 0 radical (unpaired) electrons. The van der Waals surface area contributed by atoms with Crippen molar-refractivity contribution in [2.75, 3.05) is 20.2 Å². The highest BCUT2D eigenvalue weighted by Crippen LogP contribution is 2.31. The van der Waals surface area contributed by atoms with Crippen LogP contribution in [0, 0.1) is 0 Å². The molecule has 2 heterocycles. The van der Waals surface area contributed by atoms with Crippen molar-refractivity contribution >= 4 is 0 Å². The fraction of sp³-hybridized carbons (Fsp3) is 1.00. The first-order valence-electron chi connectivity index (χ1n) is 11.0. The van der Waals surface area contributed by atoms with E-state index in [1.807, 2.05) is 0 Å². The summed E-state index contributed by atoms with van der Waals surface area (Å²) in [5, 5.41) is 65.2. The Morgan fingerprint density at radius 2 is 1.48 bits per heavy atom. The maximum absolute atomic E-state index is 11.0. The highest BCUT2D eigenvalue weighted by atomic mass is 16.7. The van der Waals surface area contributed by atoms with Gasteiger partial charge in [0.05, 0.1) is 12.6 Å². The molecule has 14 heteroatoms. The Balaban J connectivity index is 1.71. The molecular weight excluding hydrogens is 444 g/mol. The van der Waals surface area contributed by atoms with Crippen LogP contribution in [0.1, 0.15) is 13.3 Å². The van der Waals surface area contributed by atoms with Crippen LogP contribution >= 0.6 is 0 Å². The summed E-state index contributed by atoms with van der Waals surface area (Å²) in [5.74, 6) is 0. The van der Waals surface area contributed by atoms with Gasteiger partial charge in [-0.25, -0.2) is 0 Å². The molecule has 0 aromatic carbocycles. The van der Waals surface area contributed by atoms with Gasteiger partial charge < -0.3 is 72.1 Å². The minimum absolute atomic E-state index is 0.138. The first kappa shape index (κ1) is 27.0. The van der Waals surface area contributed by atoms with Crippen LogP contribution in [0.2, 0.25) is 0 Å². The van der Waals surface area contributed by atoms with E-state index in [0.29, 0.717) is 0 Å². The van der Waals surface area contributed by atoms with E-state index in [-0.39, 0.29) is 19.6 Å². The van der Waals surface area contributed by atoms with Crippen LogP contribution in [0.3, 0.4) is 0 Å². The summed E-state index contributed by atoms with van der Waals surface area (Å²) >= 11 is 0. The van der Waals surface area contributed by atoms with E-state index in [0.717, 1.165) is 0 Å². The van der Waals surface area contributed by atoms with Crippen LogP contribution in [-0.4, -0.2) is 136 Å². The molecule has 1 aliphatic carbocycles. The van der Waals surface area contributed by atoms with Crippen molar-refractivity contribution in [2.24, 2.45) is 17.2 Å². The predicted octanol–water partition coefficient (Wildman–Crippen LogP) is -6.00. The molecule has 3 aliphatic rings. The van der Waals surface area contributed by atoms with E-state index in [1.54, 1.807) is 7.05 Å². The van der Waals surface area contributed by atoms with Gasteiger partial charge in [-0.3, -0.25) is 0 Å². The average Bonchev–Trinajstić information content (AvgIpc) is 2.75. The number of likely N-dealkylation sites (N-methyl/N-ethyl adjacent to an activating group) is 1. The second kappa shape index (κ2) is 10.6. The molecule has 14 atom stereocenters. The minimum atomic E-state index is -1.63. The van der Waals surface area contributed by atoms with Crippen molar-refractivity contribution in [3.8, 4) is 0 Å². The van der Waals surface area contributed by atoms with E-state index in [2.05, 4.69) is 5.32 Å². The Labute approximate surface area is 191 Å². The zero-order valence-electron chi connectivity index (χ0n) is 18.7. The molecule has 3 fully saturated rings. The summed E-state index contributed by atoms with van der Waals surface area (Å²) in [4.78, 5) is 0. The average molecular weight is 483 g/mol. The Hall–Kier alpha value is -0.560. The van der Waals surface area contributed by atoms with Crippen molar-refractivity contribution in [3.05, 3.63) is 0 Å². The molecule has 0 spiro atoms. The molecule has 1 saturated carbocycles. The van der Waals surface area contributed by atoms with Crippen LogP contribution in [0.15, 0.2) is 0 Å². The Kier molecular flexibility index (Phi) is 8.68. The molecule has 0 aromatic rings. The zero-order chi connectivity index (χ0) is 24.7. The second-order valence-electron chi connectivity index (χ2n) is 9.30.